The van der Waals surface area contributed by atoms with Crippen molar-refractivity contribution in [2.24, 2.45) is 0 Å². The van der Waals surface area contributed by atoms with Crippen molar-refractivity contribution in [1.29, 1.82) is 0 Å². The van der Waals surface area contributed by atoms with Crippen LogP contribution in [0.15, 0.2) is 29.3 Å². The highest BCUT2D eigenvalue weighted by Gasteiger charge is 2.34. The molecule has 176 valence electrons. The van der Waals surface area contributed by atoms with Crippen LogP contribution in [0.25, 0.3) is 17.0 Å². The predicted octanol–water partition coefficient (Wildman–Crippen LogP) is 5.44. The molecule has 2 aromatic rings. The van der Waals surface area contributed by atoms with Gasteiger partial charge < -0.3 is 9.47 Å². The number of hydrogen-bond acceptors (Lipinski definition) is 4. The van der Waals surface area contributed by atoms with Crippen LogP contribution < -0.4 is 0 Å². The van der Waals surface area contributed by atoms with Gasteiger partial charge in [-0.3, -0.25) is 19.3 Å². The van der Waals surface area contributed by atoms with Gasteiger partial charge in [0.25, 0.3) is 11.1 Å². The molecule has 0 aliphatic carbocycles. The summed E-state index contributed by atoms with van der Waals surface area (Å²) in [6.07, 6.45) is 10.9. The van der Waals surface area contributed by atoms with E-state index in [9.17, 15) is 14.4 Å². The molecular weight excluding hydrogens is 434 g/mol. The minimum Gasteiger partial charge on any atom is -0.341 e. The normalized spacial score (nSPS) is 18.5. The molecule has 0 N–H and O–H groups in total. The average molecular weight is 468 g/mol. The first-order chi connectivity index (χ1) is 16.0. The van der Waals surface area contributed by atoms with Gasteiger partial charge in [-0.15, -0.1) is 0 Å². The molecule has 2 aliphatic heterocycles. The van der Waals surface area contributed by atoms with Crippen LogP contribution in [0.2, 0.25) is 0 Å². The van der Waals surface area contributed by atoms with Crippen molar-refractivity contribution < 1.29 is 14.4 Å². The fraction of sp³-hybridized carbons (Fsp3) is 0.500. The molecule has 0 unspecified atom stereocenters. The van der Waals surface area contributed by atoms with Crippen LogP contribution in [-0.4, -0.2) is 51.1 Å². The Morgan fingerprint density at radius 1 is 1.09 bits per heavy atom. The van der Waals surface area contributed by atoms with E-state index in [1.807, 2.05) is 40.8 Å². The Bertz CT molecular complexity index is 1080. The van der Waals surface area contributed by atoms with E-state index < -0.39 is 0 Å². The first-order valence-corrected chi connectivity index (χ1v) is 13.0. The summed E-state index contributed by atoms with van der Waals surface area (Å²) in [6, 6.07) is 6.15. The summed E-state index contributed by atoms with van der Waals surface area (Å²) in [6.45, 7) is 6.57. The second-order valence-corrected chi connectivity index (χ2v) is 9.85. The number of likely N-dealkylation sites (tertiary alicyclic amines) is 1. The van der Waals surface area contributed by atoms with Crippen LogP contribution in [0.5, 0.6) is 0 Å². The maximum absolute atomic E-state index is 13.1. The Balaban J connectivity index is 1.67. The highest BCUT2D eigenvalue weighted by Crippen LogP contribution is 2.35. The Hall–Kier alpha value is -2.54. The lowest BCUT2D eigenvalue weighted by atomic mass is 10.1. The Labute approximate surface area is 200 Å². The molecule has 0 bridgehead atoms. The number of carbonyl (C=O) groups is 3. The number of imide groups is 1. The number of amides is 3. The molecule has 33 heavy (non-hydrogen) atoms. The van der Waals surface area contributed by atoms with Crippen LogP contribution in [0.4, 0.5) is 4.79 Å². The molecule has 3 heterocycles. The van der Waals surface area contributed by atoms with Gasteiger partial charge >= 0.3 is 0 Å². The van der Waals surface area contributed by atoms with E-state index >= 15 is 0 Å². The smallest absolute Gasteiger partial charge is 0.293 e. The first kappa shape index (κ1) is 23.6. The summed E-state index contributed by atoms with van der Waals surface area (Å²) in [5, 5.41) is 0.812. The van der Waals surface area contributed by atoms with Crippen LogP contribution in [0, 0.1) is 0 Å². The number of aromatic nitrogens is 1. The molecule has 2 fully saturated rings. The number of rotatable bonds is 7. The lowest BCUT2D eigenvalue weighted by molar-refractivity contribution is -0.131. The van der Waals surface area contributed by atoms with E-state index in [1.54, 1.807) is 0 Å². The number of carbonyl (C=O) groups excluding carboxylic acids is 3. The van der Waals surface area contributed by atoms with Crippen LogP contribution in [0.3, 0.4) is 0 Å². The van der Waals surface area contributed by atoms with Gasteiger partial charge in [-0.05, 0) is 49.1 Å². The third kappa shape index (κ3) is 5.03. The summed E-state index contributed by atoms with van der Waals surface area (Å²) < 4.78 is 2.04. The number of para-hydroxylation sites is 1. The molecule has 0 atom stereocenters. The molecule has 2 aliphatic rings. The van der Waals surface area contributed by atoms with Gasteiger partial charge in [0.05, 0.1) is 10.4 Å². The number of unbranched alkanes of at least 4 members (excludes halogenated alkanes) is 1. The SMILES string of the molecule is CCCCN1C(=O)S/C(=C\c2cn(CC(=O)N3CCCCCC3)c3c(CC)cccc23)C1=O. The summed E-state index contributed by atoms with van der Waals surface area (Å²) in [7, 11) is 0. The van der Waals surface area contributed by atoms with E-state index in [1.165, 1.54) is 23.3 Å². The molecule has 6 nitrogen and oxygen atoms in total. The van der Waals surface area contributed by atoms with Gasteiger partial charge in [0.1, 0.15) is 6.54 Å². The summed E-state index contributed by atoms with van der Waals surface area (Å²) in [5.41, 5.74) is 3.09. The third-order valence-electron chi connectivity index (χ3n) is 6.55. The van der Waals surface area contributed by atoms with Gasteiger partial charge in [-0.2, -0.15) is 0 Å². The minimum absolute atomic E-state index is 0.145. The van der Waals surface area contributed by atoms with Crippen molar-refractivity contribution in [3.8, 4) is 0 Å². The molecule has 3 amide bonds. The zero-order valence-corrected chi connectivity index (χ0v) is 20.5. The van der Waals surface area contributed by atoms with Gasteiger partial charge in [-0.25, -0.2) is 0 Å². The topological polar surface area (TPSA) is 62.6 Å². The molecule has 1 aromatic carbocycles. The zero-order valence-electron chi connectivity index (χ0n) is 19.6. The van der Waals surface area contributed by atoms with Crippen molar-refractivity contribution in [1.82, 2.24) is 14.4 Å². The molecule has 7 heteroatoms. The fourth-order valence-corrected chi connectivity index (χ4v) is 5.56. The van der Waals surface area contributed by atoms with Crippen molar-refractivity contribution in [3.05, 3.63) is 40.4 Å². The molecular formula is C26H33N3O3S. The van der Waals surface area contributed by atoms with Crippen LogP contribution in [-0.2, 0) is 22.6 Å². The highest BCUT2D eigenvalue weighted by molar-refractivity contribution is 8.18. The summed E-state index contributed by atoms with van der Waals surface area (Å²) in [4.78, 5) is 42.2. The molecule has 0 spiro atoms. The quantitative estimate of drug-likeness (QED) is 0.509. The number of thioether (sulfide) groups is 1. The van der Waals surface area contributed by atoms with Crippen LogP contribution in [0.1, 0.15) is 63.5 Å². The average Bonchev–Trinajstić information content (AvgIpc) is 3.13. The Morgan fingerprint density at radius 3 is 2.55 bits per heavy atom. The van der Waals surface area contributed by atoms with Gasteiger partial charge in [0.15, 0.2) is 0 Å². The van der Waals surface area contributed by atoms with Crippen molar-refractivity contribution in [2.45, 2.75) is 65.3 Å². The standard InChI is InChI=1S/C26H33N3O3S/c1-3-5-15-29-25(31)22(33-26(29)32)16-20-17-28(24-19(4-2)11-10-12-21(20)24)18-23(30)27-13-8-6-7-9-14-27/h10-12,16-17H,3-9,13-15,18H2,1-2H3/b22-16-. The zero-order chi connectivity index (χ0) is 23.4. The number of nitrogens with zero attached hydrogens (tertiary/aromatic N) is 3. The van der Waals surface area contributed by atoms with E-state index in [0.717, 1.165) is 73.4 Å². The number of benzene rings is 1. The first-order valence-electron chi connectivity index (χ1n) is 12.2. The summed E-state index contributed by atoms with van der Waals surface area (Å²) >= 11 is 1.01. The minimum atomic E-state index is -0.216. The lowest BCUT2D eigenvalue weighted by Gasteiger charge is -2.21. The van der Waals surface area contributed by atoms with E-state index in [-0.39, 0.29) is 17.1 Å². The van der Waals surface area contributed by atoms with E-state index in [2.05, 4.69) is 13.0 Å². The van der Waals surface area contributed by atoms with E-state index in [4.69, 9.17) is 0 Å². The van der Waals surface area contributed by atoms with Crippen LogP contribution >= 0.6 is 11.8 Å². The van der Waals surface area contributed by atoms with Gasteiger partial charge in [0.2, 0.25) is 5.91 Å². The molecule has 0 saturated carbocycles. The molecule has 2 saturated heterocycles. The number of fused-ring (bicyclic) bond motifs is 1. The van der Waals surface area contributed by atoms with Crippen molar-refractivity contribution in [3.63, 3.8) is 0 Å². The predicted molar refractivity (Wildman–Crippen MR) is 134 cm³/mol. The number of aryl methyl sites for hydroxylation is 1. The molecule has 0 radical (unpaired) electrons. The fourth-order valence-electron chi connectivity index (χ4n) is 4.71. The Kier molecular flexibility index (Phi) is 7.58. The summed E-state index contributed by atoms with van der Waals surface area (Å²) in [5.74, 6) is -0.0715. The third-order valence-corrected chi connectivity index (χ3v) is 7.46. The second kappa shape index (κ2) is 10.6. The largest absolute Gasteiger partial charge is 0.341 e. The monoisotopic (exact) mass is 467 g/mol. The van der Waals surface area contributed by atoms with E-state index in [0.29, 0.717) is 18.0 Å². The second-order valence-electron chi connectivity index (χ2n) is 8.86. The molecule has 1 aromatic heterocycles. The lowest BCUT2D eigenvalue weighted by Crippen LogP contribution is -2.34. The maximum atomic E-state index is 13.1. The van der Waals surface area contributed by atoms with Gasteiger partial charge in [0, 0.05) is 36.8 Å². The number of hydrogen-bond donors (Lipinski definition) is 0. The van der Waals surface area contributed by atoms with Gasteiger partial charge in [-0.1, -0.05) is 51.3 Å². The maximum Gasteiger partial charge on any atom is 0.293 e. The Morgan fingerprint density at radius 2 is 1.85 bits per heavy atom. The van der Waals surface area contributed by atoms with Crippen molar-refractivity contribution >= 4 is 45.8 Å². The highest BCUT2D eigenvalue weighted by atomic mass is 32.2. The molecule has 4 rings (SSSR count). The van der Waals surface area contributed by atoms with Crippen molar-refractivity contribution in [2.75, 3.05) is 19.6 Å².